The number of likely N-dealkylation sites (tertiary alicyclic amines) is 1. The first-order valence-corrected chi connectivity index (χ1v) is 17.7. The zero-order valence-corrected chi connectivity index (χ0v) is 28.6. The lowest BCUT2D eigenvalue weighted by atomic mass is 9.91. The summed E-state index contributed by atoms with van der Waals surface area (Å²) in [6.07, 6.45) is -4.44. The number of carbonyl (C=O) groups excluding carboxylic acids is 2. The van der Waals surface area contributed by atoms with Crippen LogP contribution in [0.25, 0.3) is 11.1 Å². The highest BCUT2D eigenvalue weighted by atomic mass is 32.2. The molecule has 0 radical (unpaired) electrons. The molecule has 1 aromatic heterocycles. The maximum Gasteiger partial charge on any atom is 0.471 e. The van der Waals surface area contributed by atoms with Crippen LogP contribution in [-0.2, 0) is 32.2 Å². The summed E-state index contributed by atoms with van der Waals surface area (Å²) >= 11 is 1.41. The Bertz CT molecular complexity index is 1840. The molecule has 3 heterocycles. The van der Waals surface area contributed by atoms with Crippen molar-refractivity contribution in [1.82, 2.24) is 10.2 Å². The highest BCUT2D eigenvalue weighted by Gasteiger charge is 2.47. The molecular weight excluding hydrogens is 683 g/mol. The topological polar surface area (TPSA) is 115 Å². The van der Waals surface area contributed by atoms with Crippen LogP contribution >= 0.6 is 11.8 Å². The predicted octanol–water partition coefficient (Wildman–Crippen LogP) is 6.23. The number of amides is 2. The van der Waals surface area contributed by atoms with Crippen molar-refractivity contribution >= 4 is 23.6 Å². The molecular formula is C38H38F3N3O6S. The number of nitrogens with one attached hydrogen (secondary N) is 1. The number of thioether (sulfide) groups is 1. The summed E-state index contributed by atoms with van der Waals surface area (Å²) in [7, 11) is 0. The normalized spacial score (nSPS) is 22.1. The standard InChI is InChI=1S/C38H38F3N3O6S/c1-24-32(23-51-33-12-2-3-18-44(33)48)49-36(50-34(24)27-15-13-25(22-45)14-16-27)30-10-5-9-29(20-30)28-8-4-7-26(19-28)21-42-35(46)31-11-6-17-43(31)37(47)38(39,40)41/h2-5,7-10,12-16,18-20,24,31-32,34,36,45H,6,11,17,21-23H2,1H3,(H,42,46). The van der Waals surface area contributed by atoms with Gasteiger partial charge in [-0.25, -0.2) is 0 Å². The average molecular weight is 722 g/mol. The van der Waals surface area contributed by atoms with E-state index in [4.69, 9.17) is 9.47 Å². The number of hydrogen-bond donors (Lipinski definition) is 2. The van der Waals surface area contributed by atoms with Crippen molar-refractivity contribution < 1.29 is 42.1 Å². The summed E-state index contributed by atoms with van der Waals surface area (Å²) in [5.74, 6) is -2.18. The van der Waals surface area contributed by atoms with Gasteiger partial charge in [0.15, 0.2) is 12.5 Å². The van der Waals surface area contributed by atoms with E-state index in [2.05, 4.69) is 12.2 Å². The summed E-state index contributed by atoms with van der Waals surface area (Å²) in [5.41, 5.74) is 4.94. The molecule has 2 aliphatic heterocycles. The minimum absolute atomic E-state index is 0.0684. The number of carbonyl (C=O) groups is 2. The molecule has 2 N–H and O–H groups in total. The number of alkyl halides is 3. The van der Waals surface area contributed by atoms with E-state index in [9.17, 15) is 33.1 Å². The van der Waals surface area contributed by atoms with E-state index in [1.807, 2.05) is 78.9 Å². The molecule has 13 heteroatoms. The van der Waals surface area contributed by atoms with Crippen LogP contribution in [0.5, 0.6) is 0 Å². The third-order valence-corrected chi connectivity index (χ3v) is 10.4. The first-order chi connectivity index (χ1) is 24.5. The lowest BCUT2D eigenvalue weighted by Gasteiger charge is -2.41. The SMILES string of the molecule is CC1C(CSc2cccc[n+]2[O-])OC(c2cccc(-c3cccc(CNC(=O)C4CCCN4C(=O)C(F)(F)F)c3)c2)OC1c1ccc(CO)cc1. The second kappa shape index (κ2) is 15.9. The molecule has 3 aromatic carbocycles. The van der Waals surface area contributed by atoms with Gasteiger partial charge in [-0.15, -0.1) is 0 Å². The summed E-state index contributed by atoms with van der Waals surface area (Å²) in [5, 5.41) is 25.2. The molecule has 2 saturated heterocycles. The Balaban J connectivity index is 1.19. The fraction of sp³-hybridized carbons (Fsp3) is 0.342. The quantitative estimate of drug-likeness (QED) is 0.113. The van der Waals surface area contributed by atoms with E-state index in [-0.39, 0.29) is 44.2 Å². The van der Waals surface area contributed by atoms with Gasteiger partial charge in [0.25, 0.3) is 5.03 Å². The summed E-state index contributed by atoms with van der Waals surface area (Å²) in [4.78, 5) is 25.3. The zero-order valence-electron chi connectivity index (χ0n) is 27.8. The minimum atomic E-state index is -5.03. The van der Waals surface area contributed by atoms with E-state index in [0.29, 0.717) is 22.1 Å². The molecule has 51 heavy (non-hydrogen) atoms. The number of rotatable bonds is 10. The summed E-state index contributed by atoms with van der Waals surface area (Å²) < 4.78 is 53.2. The Hall–Kier alpha value is -4.43. The Labute approximate surface area is 298 Å². The van der Waals surface area contributed by atoms with Gasteiger partial charge in [0, 0.05) is 42.5 Å². The van der Waals surface area contributed by atoms with Gasteiger partial charge in [-0.3, -0.25) is 9.59 Å². The molecule has 5 unspecified atom stereocenters. The van der Waals surface area contributed by atoms with Crippen molar-refractivity contribution in [2.24, 2.45) is 5.92 Å². The second-order valence-electron chi connectivity index (χ2n) is 12.7. The first kappa shape index (κ1) is 36.4. The largest absolute Gasteiger partial charge is 0.618 e. The van der Waals surface area contributed by atoms with Gasteiger partial charge in [-0.2, -0.15) is 17.9 Å². The first-order valence-electron chi connectivity index (χ1n) is 16.7. The number of benzene rings is 3. The summed E-state index contributed by atoms with van der Waals surface area (Å²) in [6, 6.07) is 26.9. The number of hydrogen-bond acceptors (Lipinski definition) is 7. The van der Waals surface area contributed by atoms with Crippen molar-refractivity contribution in [3.63, 3.8) is 0 Å². The zero-order chi connectivity index (χ0) is 36.1. The highest BCUT2D eigenvalue weighted by Crippen LogP contribution is 2.43. The minimum Gasteiger partial charge on any atom is -0.618 e. The van der Waals surface area contributed by atoms with Crippen LogP contribution in [0.1, 0.15) is 54.4 Å². The lowest BCUT2D eigenvalue weighted by Crippen LogP contribution is -2.50. The molecule has 6 rings (SSSR count). The van der Waals surface area contributed by atoms with Gasteiger partial charge in [0.2, 0.25) is 5.91 Å². The van der Waals surface area contributed by atoms with Gasteiger partial charge in [0.05, 0.1) is 18.8 Å². The number of halogens is 3. The maximum absolute atomic E-state index is 13.1. The van der Waals surface area contributed by atoms with E-state index < -0.39 is 30.3 Å². The molecule has 2 fully saturated rings. The molecule has 4 aromatic rings. The van der Waals surface area contributed by atoms with Crippen molar-refractivity contribution in [2.45, 2.75) is 68.7 Å². The number of pyridine rings is 1. The molecule has 268 valence electrons. The van der Waals surface area contributed by atoms with Gasteiger partial charge in [-0.05, 0) is 58.9 Å². The molecule has 5 atom stereocenters. The molecule has 0 spiro atoms. The number of aromatic nitrogens is 1. The Morgan fingerprint density at radius 3 is 2.43 bits per heavy atom. The van der Waals surface area contributed by atoms with Gasteiger partial charge >= 0.3 is 12.1 Å². The Kier molecular flexibility index (Phi) is 11.3. The fourth-order valence-electron chi connectivity index (χ4n) is 6.48. The Morgan fingerprint density at radius 1 is 0.961 bits per heavy atom. The molecule has 0 saturated carbocycles. The van der Waals surface area contributed by atoms with E-state index in [0.717, 1.165) is 38.1 Å². The number of aliphatic hydroxyl groups excluding tert-OH is 1. The van der Waals surface area contributed by atoms with Crippen LogP contribution in [0.15, 0.2) is 102 Å². The van der Waals surface area contributed by atoms with Crippen LogP contribution in [0, 0.1) is 11.1 Å². The molecule has 9 nitrogen and oxygen atoms in total. The van der Waals surface area contributed by atoms with Crippen LogP contribution < -0.4 is 10.0 Å². The molecule has 2 aliphatic rings. The van der Waals surface area contributed by atoms with Crippen molar-refractivity contribution in [3.05, 3.63) is 125 Å². The van der Waals surface area contributed by atoms with Crippen LogP contribution in [0.2, 0.25) is 0 Å². The molecule has 0 bridgehead atoms. The third-order valence-electron chi connectivity index (χ3n) is 9.25. The van der Waals surface area contributed by atoms with Crippen molar-refractivity contribution in [2.75, 3.05) is 12.3 Å². The van der Waals surface area contributed by atoms with E-state index >= 15 is 0 Å². The number of nitrogens with zero attached hydrogens (tertiary/aromatic N) is 2. The molecule has 0 aliphatic carbocycles. The third kappa shape index (κ3) is 8.55. The fourth-order valence-corrected chi connectivity index (χ4v) is 7.56. The van der Waals surface area contributed by atoms with E-state index in [1.54, 1.807) is 12.1 Å². The van der Waals surface area contributed by atoms with Crippen LogP contribution in [0.3, 0.4) is 0 Å². The summed E-state index contributed by atoms with van der Waals surface area (Å²) in [6.45, 7) is 1.95. The molecule has 2 amide bonds. The number of ether oxygens (including phenoxy) is 2. The van der Waals surface area contributed by atoms with E-state index in [1.165, 1.54) is 18.0 Å². The van der Waals surface area contributed by atoms with Gasteiger partial charge in [0.1, 0.15) is 6.04 Å². The maximum atomic E-state index is 13.1. The van der Waals surface area contributed by atoms with Crippen molar-refractivity contribution in [1.29, 1.82) is 0 Å². The lowest BCUT2D eigenvalue weighted by molar-refractivity contribution is -0.645. The Morgan fingerprint density at radius 2 is 1.71 bits per heavy atom. The van der Waals surface area contributed by atoms with Gasteiger partial charge in [-0.1, -0.05) is 79.3 Å². The predicted molar refractivity (Wildman–Crippen MR) is 184 cm³/mol. The average Bonchev–Trinajstić information content (AvgIpc) is 3.64. The van der Waals surface area contributed by atoms with Crippen LogP contribution in [-0.4, -0.2) is 52.4 Å². The van der Waals surface area contributed by atoms with Gasteiger partial charge < -0.3 is 30.0 Å². The van der Waals surface area contributed by atoms with Crippen molar-refractivity contribution in [3.8, 4) is 11.1 Å². The second-order valence-corrected chi connectivity index (χ2v) is 13.7. The van der Waals surface area contributed by atoms with Crippen LogP contribution in [0.4, 0.5) is 13.2 Å². The monoisotopic (exact) mass is 721 g/mol. The number of aliphatic hydroxyl groups is 1. The smallest absolute Gasteiger partial charge is 0.471 e. The highest BCUT2D eigenvalue weighted by molar-refractivity contribution is 7.99.